The van der Waals surface area contributed by atoms with Crippen molar-refractivity contribution < 1.29 is 114 Å². The van der Waals surface area contributed by atoms with Crippen molar-refractivity contribution in [1.29, 1.82) is 0 Å². The van der Waals surface area contributed by atoms with Crippen LogP contribution in [0.25, 0.3) is 0 Å². The largest absolute Gasteiger partial charge is 0.490 e. The molecule has 0 radical (unpaired) electrons. The second kappa shape index (κ2) is 8.61. The Morgan fingerprint density at radius 1 is 0.455 bits per heavy atom. The second-order valence-corrected chi connectivity index (χ2v) is 10.1. The smallest absolute Gasteiger partial charge is 0.302 e. The molecule has 0 heterocycles. The van der Waals surface area contributed by atoms with Gasteiger partial charge in [-0.05, 0) is 0 Å². The zero-order valence-electron chi connectivity index (χ0n) is 9.39. The van der Waals surface area contributed by atoms with Crippen LogP contribution < -0.4 is 0 Å². The van der Waals surface area contributed by atoms with Crippen LogP contribution in [0.2, 0.25) is 0 Å². The van der Waals surface area contributed by atoms with E-state index >= 15 is 0 Å². The minimum atomic E-state index is -6.07. The molecule has 0 spiro atoms. The third-order valence-corrected chi connectivity index (χ3v) is 7.49. The van der Waals surface area contributed by atoms with E-state index in [-0.39, 0.29) is 39.9 Å². The van der Waals surface area contributed by atoms with E-state index in [2.05, 4.69) is 17.2 Å². The fourth-order valence-electron chi connectivity index (χ4n) is 0.574. The second-order valence-electron chi connectivity index (χ2n) is 2.71. The van der Waals surface area contributed by atoms with Gasteiger partial charge < -0.3 is 34.3 Å². The van der Waals surface area contributed by atoms with Crippen LogP contribution in [0, 0.1) is 39.9 Å². The molecule has 0 rings (SSSR count). The molecule has 0 bridgehead atoms. The van der Waals surface area contributed by atoms with Gasteiger partial charge in [0.05, 0.1) is 0 Å². The number of hydrogen-bond donors (Lipinski definition) is 7. The van der Waals surface area contributed by atoms with Gasteiger partial charge in [-0.2, -0.15) is 17.2 Å². The van der Waals surface area contributed by atoms with Crippen molar-refractivity contribution in [3.05, 3.63) is 0 Å². The van der Waals surface area contributed by atoms with Gasteiger partial charge in [-0.25, -0.2) is 22.8 Å². The molecular weight excluding hydrogens is 568 g/mol. The Hall–Kier alpha value is 2.03. The van der Waals surface area contributed by atoms with Crippen molar-refractivity contribution >= 4 is 39.1 Å². The van der Waals surface area contributed by atoms with Crippen LogP contribution in [0.15, 0.2) is 0 Å². The first-order valence-corrected chi connectivity index (χ1v) is 11.3. The van der Waals surface area contributed by atoms with Crippen LogP contribution in [0.1, 0.15) is 0 Å². The summed E-state index contributed by atoms with van der Waals surface area (Å²) in [5, 5.41) is 0. The van der Waals surface area contributed by atoms with Crippen molar-refractivity contribution in [3.8, 4) is 0 Å². The van der Waals surface area contributed by atoms with Gasteiger partial charge in [-0.3, -0.25) is 0 Å². The van der Waals surface area contributed by atoms with Gasteiger partial charge in [0.15, 0.2) is 0 Å². The molecule has 2 atom stereocenters. The molecule has 22 heteroatoms. The first-order valence-electron chi connectivity index (χ1n) is 3.77. The summed E-state index contributed by atoms with van der Waals surface area (Å²) in [6.45, 7) is 0. The van der Waals surface area contributed by atoms with E-state index in [4.69, 9.17) is 34.3 Å². The Balaban J connectivity index is 0. The van der Waals surface area contributed by atoms with Gasteiger partial charge in [0.1, 0.15) is 0 Å². The predicted octanol–water partition coefficient (Wildman–Crippen LogP) is -0.461. The van der Waals surface area contributed by atoms with Gasteiger partial charge in [-0.15, -0.1) is 0 Å². The van der Waals surface area contributed by atoms with Crippen LogP contribution in [-0.2, 0) is 40.1 Å². The Morgan fingerprint density at radius 2 is 0.636 bits per heavy atom. The van der Waals surface area contributed by atoms with Crippen LogP contribution in [0.5, 0.6) is 0 Å². The summed E-state index contributed by atoms with van der Waals surface area (Å²) >= 11 is 0. The summed E-state index contributed by atoms with van der Waals surface area (Å²) in [5.74, 6) is 0. The summed E-state index contributed by atoms with van der Waals surface area (Å²) in [6.07, 6.45) is 0. The molecule has 0 saturated heterocycles. The topological polar surface area (TPSA) is 264 Å². The summed E-state index contributed by atoms with van der Waals surface area (Å²) in [4.78, 5) is 58.7. The SMILES string of the molecule is O=P(O)(O)OP(=O)(O)OP(=O)(O)OP(=O)(O)OP(=O)(O)O.[Gd]. The molecule has 0 aliphatic carbocycles. The first kappa shape index (κ1) is 26.3. The summed E-state index contributed by atoms with van der Waals surface area (Å²) in [7, 11) is -29.3. The van der Waals surface area contributed by atoms with Gasteiger partial charge in [0, 0.05) is 39.9 Å². The number of phosphoric acid groups is 5. The van der Waals surface area contributed by atoms with Crippen LogP contribution in [-0.4, -0.2) is 34.3 Å². The normalized spacial score (nSPS) is 21.0. The van der Waals surface area contributed by atoms with Crippen LogP contribution in [0.3, 0.4) is 0 Å². The van der Waals surface area contributed by atoms with Crippen molar-refractivity contribution in [2.75, 3.05) is 0 Å². The zero-order chi connectivity index (χ0) is 17.3. The van der Waals surface area contributed by atoms with Crippen LogP contribution >= 0.6 is 39.1 Å². The van der Waals surface area contributed by atoms with Gasteiger partial charge in [0.25, 0.3) is 0 Å². The van der Waals surface area contributed by atoms with E-state index < -0.39 is 39.1 Å². The summed E-state index contributed by atoms with van der Waals surface area (Å²) < 4.78 is 65.6. The monoisotopic (exact) mass is 576 g/mol. The molecule has 7 N–H and O–H groups in total. The van der Waals surface area contributed by atoms with Gasteiger partial charge in [0.2, 0.25) is 0 Å². The zero-order valence-corrected chi connectivity index (χ0v) is 16.1. The van der Waals surface area contributed by atoms with Crippen molar-refractivity contribution in [2.24, 2.45) is 0 Å². The summed E-state index contributed by atoms with van der Waals surface area (Å²) in [6, 6.07) is 0. The quantitative estimate of drug-likeness (QED) is 0.181. The standard InChI is InChI=1S/Gd.H7O16P5/c;1-17(2,3)13-19(7,8)15-21(11,12)16-20(9,10)14-18(4,5)6/h;(H,7,8)(H,9,10)(H,11,12)(H2,1,2,3)(H2,4,5,6). The molecule has 16 nitrogen and oxygen atoms in total. The predicted molar refractivity (Wildman–Crippen MR) is 57.9 cm³/mol. The van der Waals surface area contributed by atoms with E-state index in [0.29, 0.717) is 0 Å². The molecule has 2 unspecified atom stereocenters. The molecule has 0 saturated carbocycles. The average Bonchev–Trinajstić information content (AvgIpc) is 1.83. The third kappa shape index (κ3) is 14.4. The molecule has 0 aliphatic rings. The minimum Gasteiger partial charge on any atom is -0.302 e. The maximum atomic E-state index is 11.0. The average molecular weight is 575 g/mol. The first-order chi connectivity index (χ1) is 8.83. The molecule has 0 aromatic heterocycles. The maximum absolute atomic E-state index is 11.0. The van der Waals surface area contributed by atoms with Crippen LogP contribution in [0.4, 0.5) is 0 Å². The van der Waals surface area contributed by atoms with Gasteiger partial charge >= 0.3 is 39.1 Å². The van der Waals surface area contributed by atoms with E-state index in [9.17, 15) is 22.8 Å². The Bertz CT molecular complexity index is 552. The van der Waals surface area contributed by atoms with Crippen molar-refractivity contribution in [1.82, 2.24) is 0 Å². The Morgan fingerprint density at radius 3 is 0.818 bits per heavy atom. The molecule has 0 aliphatic heterocycles. The number of hydrogen-bond acceptors (Lipinski definition) is 9. The molecular formula is H7GdO16P5. The third-order valence-electron chi connectivity index (χ3n) is 0.832. The van der Waals surface area contributed by atoms with E-state index in [1.165, 1.54) is 0 Å². The Labute approximate surface area is 152 Å². The fraction of sp³-hybridized carbons (Fsp3) is 0. The van der Waals surface area contributed by atoms with Crippen molar-refractivity contribution in [2.45, 2.75) is 0 Å². The van der Waals surface area contributed by atoms with Crippen molar-refractivity contribution in [3.63, 3.8) is 0 Å². The fourth-order valence-corrected chi connectivity index (χ4v) is 5.97. The number of rotatable bonds is 8. The summed E-state index contributed by atoms with van der Waals surface area (Å²) in [5.41, 5.74) is 0. The molecule has 0 aromatic rings. The van der Waals surface area contributed by atoms with Gasteiger partial charge in [-0.1, -0.05) is 0 Å². The molecule has 136 valence electrons. The maximum Gasteiger partial charge on any atom is 0.490 e. The molecule has 0 amide bonds. The Kier molecular flexibility index (Phi) is 10.3. The molecule has 0 aromatic carbocycles. The van der Waals surface area contributed by atoms with E-state index in [1.54, 1.807) is 0 Å². The van der Waals surface area contributed by atoms with E-state index in [0.717, 1.165) is 0 Å². The molecule has 22 heavy (non-hydrogen) atoms. The van der Waals surface area contributed by atoms with E-state index in [1.807, 2.05) is 0 Å². The minimum absolute atomic E-state index is 0. The molecule has 0 fully saturated rings.